The van der Waals surface area contributed by atoms with E-state index in [-0.39, 0.29) is 11.3 Å². The third kappa shape index (κ3) is 3.83. The van der Waals surface area contributed by atoms with Crippen LogP contribution in [0.15, 0.2) is 23.3 Å². The number of amides is 1. The van der Waals surface area contributed by atoms with Gasteiger partial charge in [-0.3, -0.25) is 4.79 Å². The van der Waals surface area contributed by atoms with Gasteiger partial charge in [-0.05, 0) is 74.8 Å². The molecule has 0 aliphatic heterocycles. The second kappa shape index (κ2) is 6.98. The maximum Gasteiger partial charge on any atom is 0.219 e. The summed E-state index contributed by atoms with van der Waals surface area (Å²) in [5, 5.41) is 0.937. The Balaban J connectivity index is 1.64. The Hall–Kier alpha value is -0.800. The van der Waals surface area contributed by atoms with E-state index < -0.39 is 0 Å². The number of hydrogen-bond donors (Lipinski definition) is 1. The fraction of sp³-hybridized carbons (Fsp3) is 0.737. The van der Waals surface area contributed by atoms with E-state index in [1.54, 1.807) is 6.92 Å². The number of allylic oxidation sites excluding steroid dienone is 4. The van der Waals surface area contributed by atoms with Crippen LogP contribution in [-0.4, -0.2) is 29.9 Å². The van der Waals surface area contributed by atoms with Crippen molar-refractivity contribution in [3.63, 3.8) is 0 Å². The molecule has 3 aliphatic rings. The lowest BCUT2D eigenvalue weighted by molar-refractivity contribution is -0.132. The fourth-order valence-electron chi connectivity index (χ4n) is 4.39. The first kappa shape index (κ1) is 17.0. The Labute approximate surface area is 144 Å². The zero-order chi connectivity index (χ0) is 16.4. The lowest BCUT2D eigenvalue weighted by atomic mass is 9.63. The van der Waals surface area contributed by atoms with Gasteiger partial charge in [-0.25, -0.2) is 0 Å². The first-order valence-corrected chi connectivity index (χ1v) is 9.42. The van der Waals surface area contributed by atoms with Crippen molar-refractivity contribution in [2.75, 3.05) is 13.1 Å². The van der Waals surface area contributed by atoms with Crippen molar-refractivity contribution in [1.82, 2.24) is 4.90 Å². The molecule has 0 aromatic carbocycles. The van der Waals surface area contributed by atoms with Crippen LogP contribution in [-0.2, 0) is 4.79 Å². The van der Waals surface area contributed by atoms with Crippen molar-refractivity contribution in [2.45, 2.75) is 57.9 Å². The maximum absolute atomic E-state index is 12.0. The molecule has 3 aliphatic carbocycles. The van der Waals surface area contributed by atoms with Gasteiger partial charge in [-0.15, -0.1) is 0 Å². The van der Waals surface area contributed by atoms with E-state index in [1.807, 2.05) is 6.08 Å². The van der Waals surface area contributed by atoms with E-state index in [1.165, 1.54) is 12.8 Å². The molecule has 128 valence electrons. The molecule has 0 heterocycles. The van der Waals surface area contributed by atoms with Gasteiger partial charge in [0.05, 0.1) is 0 Å². The van der Waals surface area contributed by atoms with Gasteiger partial charge in [0, 0.05) is 24.5 Å². The molecular weight excluding hydrogens is 308 g/mol. The normalized spacial score (nSPS) is 34.1. The van der Waals surface area contributed by atoms with Crippen molar-refractivity contribution in [3.05, 3.63) is 23.3 Å². The number of carbonyl (C=O) groups excluding carboxylic acids is 1. The van der Waals surface area contributed by atoms with Gasteiger partial charge in [-0.1, -0.05) is 23.8 Å². The molecule has 2 N–H and O–H groups in total. The van der Waals surface area contributed by atoms with Gasteiger partial charge in [-0.2, -0.15) is 0 Å². The van der Waals surface area contributed by atoms with Crippen LogP contribution in [0.1, 0.15) is 51.9 Å². The zero-order valence-corrected chi connectivity index (χ0v) is 14.9. The molecule has 2 fully saturated rings. The summed E-state index contributed by atoms with van der Waals surface area (Å²) in [6, 6.07) is 0.409. The topological polar surface area (TPSA) is 46.3 Å². The summed E-state index contributed by atoms with van der Waals surface area (Å²) in [4.78, 5) is 14.2. The van der Waals surface area contributed by atoms with Crippen molar-refractivity contribution >= 4 is 17.5 Å². The van der Waals surface area contributed by atoms with Crippen molar-refractivity contribution in [1.29, 1.82) is 0 Å². The van der Waals surface area contributed by atoms with Crippen LogP contribution >= 0.6 is 11.6 Å². The van der Waals surface area contributed by atoms with Crippen LogP contribution < -0.4 is 5.73 Å². The lowest BCUT2D eigenvalue weighted by Gasteiger charge is -2.47. The van der Waals surface area contributed by atoms with Gasteiger partial charge < -0.3 is 10.6 Å². The standard InChI is InChI=1S/C19H29ClN2O/c1-14(23)22(12-15-5-6-15)18-7-9-19(13-21,10-8-18)16-3-2-4-17(20)11-16/h2-4,15-16,18H,5-13,21H2,1H3/t16?,18-,19-. The summed E-state index contributed by atoms with van der Waals surface area (Å²) in [5.74, 6) is 1.44. The molecule has 4 heteroatoms. The molecule has 1 unspecified atom stereocenters. The first-order chi connectivity index (χ1) is 11.0. The summed E-state index contributed by atoms with van der Waals surface area (Å²) in [6.45, 7) is 3.40. The van der Waals surface area contributed by atoms with Crippen LogP contribution in [0.2, 0.25) is 0 Å². The van der Waals surface area contributed by atoms with E-state index in [9.17, 15) is 4.79 Å². The lowest BCUT2D eigenvalue weighted by Crippen LogP contribution is -2.48. The van der Waals surface area contributed by atoms with E-state index in [0.29, 0.717) is 18.5 Å². The van der Waals surface area contributed by atoms with Crippen molar-refractivity contribution < 1.29 is 4.79 Å². The molecule has 3 nitrogen and oxygen atoms in total. The molecular formula is C19H29ClN2O. The highest BCUT2D eigenvalue weighted by atomic mass is 35.5. The molecule has 0 radical (unpaired) electrons. The van der Waals surface area contributed by atoms with Gasteiger partial charge in [0.2, 0.25) is 5.91 Å². The summed E-state index contributed by atoms with van der Waals surface area (Å²) < 4.78 is 0. The average Bonchev–Trinajstić information content (AvgIpc) is 3.37. The Kier molecular flexibility index (Phi) is 5.17. The molecule has 1 amide bonds. The van der Waals surface area contributed by atoms with Crippen LogP contribution in [0.4, 0.5) is 0 Å². The molecule has 23 heavy (non-hydrogen) atoms. The number of nitrogens with zero attached hydrogens (tertiary/aromatic N) is 1. The number of carbonyl (C=O) groups is 1. The summed E-state index contributed by atoms with van der Waals surface area (Å²) in [6.07, 6.45) is 14.2. The van der Waals surface area contributed by atoms with E-state index in [0.717, 1.165) is 49.6 Å². The number of hydrogen-bond acceptors (Lipinski definition) is 2. The molecule has 0 saturated heterocycles. The predicted molar refractivity (Wildman–Crippen MR) is 95.0 cm³/mol. The zero-order valence-electron chi connectivity index (χ0n) is 14.1. The third-order valence-electron chi connectivity index (χ3n) is 6.18. The van der Waals surface area contributed by atoms with E-state index >= 15 is 0 Å². The first-order valence-electron chi connectivity index (χ1n) is 9.04. The highest BCUT2D eigenvalue weighted by Crippen LogP contribution is 2.47. The number of rotatable bonds is 5. The Morgan fingerprint density at radius 2 is 2.04 bits per heavy atom. The molecule has 0 spiro atoms. The fourth-order valence-corrected chi connectivity index (χ4v) is 4.63. The summed E-state index contributed by atoms with van der Waals surface area (Å²) in [7, 11) is 0. The second-order valence-corrected chi connectivity index (χ2v) is 8.21. The Morgan fingerprint density at radius 3 is 2.57 bits per heavy atom. The number of halogens is 1. The quantitative estimate of drug-likeness (QED) is 0.829. The van der Waals surface area contributed by atoms with Crippen molar-refractivity contribution in [3.8, 4) is 0 Å². The summed E-state index contributed by atoms with van der Waals surface area (Å²) >= 11 is 6.25. The molecule has 2 saturated carbocycles. The smallest absolute Gasteiger partial charge is 0.219 e. The SMILES string of the molecule is CC(=O)N(CC1CC1)[C@H]1CC[C@](CN)(C2C=CC=C(Cl)C2)CC1. The number of nitrogens with two attached hydrogens (primary N) is 1. The molecule has 1 atom stereocenters. The molecule has 0 aromatic rings. The van der Waals surface area contributed by atoms with Crippen LogP contribution in [0.3, 0.4) is 0 Å². The largest absolute Gasteiger partial charge is 0.340 e. The average molecular weight is 337 g/mol. The van der Waals surface area contributed by atoms with Gasteiger partial charge in [0.1, 0.15) is 0 Å². The van der Waals surface area contributed by atoms with E-state index in [4.69, 9.17) is 17.3 Å². The minimum atomic E-state index is 0.156. The maximum atomic E-state index is 12.0. The molecule has 3 rings (SSSR count). The van der Waals surface area contributed by atoms with Crippen molar-refractivity contribution in [2.24, 2.45) is 23.0 Å². The molecule has 0 bridgehead atoms. The minimum absolute atomic E-state index is 0.156. The Morgan fingerprint density at radius 1 is 1.35 bits per heavy atom. The van der Waals surface area contributed by atoms with Gasteiger partial charge >= 0.3 is 0 Å². The second-order valence-electron chi connectivity index (χ2n) is 7.72. The van der Waals surface area contributed by atoms with E-state index in [2.05, 4.69) is 17.1 Å². The molecule has 0 aromatic heterocycles. The highest BCUT2D eigenvalue weighted by molar-refractivity contribution is 6.29. The minimum Gasteiger partial charge on any atom is -0.340 e. The Bertz CT molecular complexity index is 501. The van der Waals surface area contributed by atoms with Gasteiger partial charge in [0.25, 0.3) is 0 Å². The van der Waals surface area contributed by atoms with Crippen LogP contribution in [0, 0.1) is 17.3 Å². The van der Waals surface area contributed by atoms with Crippen LogP contribution in [0.5, 0.6) is 0 Å². The monoisotopic (exact) mass is 336 g/mol. The third-order valence-corrected chi connectivity index (χ3v) is 6.46. The van der Waals surface area contributed by atoms with Crippen LogP contribution in [0.25, 0.3) is 0 Å². The highest BCUT2D eigenvalue weighted by Gasteiger charge is 2.42. The predicted octanol–water partition coefficient (Wildman–Crippen LogP) is 3.83. The summed E-state index contributed by atoms with van der Waals surface area (Å²) in [5.41, 5.74) is 6.37. The van der Waals surface area contributed by atoms with Gasteiger partial charge in [0.15, 0.2) is 0 Å².